The molecule has 23 heavy (non-hydrogen) atoms. The Morgan fingerprint density at radius 3 is 2.22 bits per heavy atom. The van der Waals surface area contributed by atoms with Crippen molar-refractivity contribution in [2.75, 3.05) is 0 Å². The second-order valence-electron chi connectivity index (χ2n) is 6.07. The summed E-state index contributed by atoms with van der Waals surface area (Å²) in [4.78, 5) is 0. The van der Waals surface area contributed by atoms with E-state index in [1.54, 1.807) is 0 Å². The zero-order valence-corrected chi connectivity index (χ0v) is 14.0. The third-order valence-corrected chi connectivity index (χ3v) is 4.41. The SMILES string of the molecule is Cc1ccc(O[C@H]2C[C@@H](Cl)O[C@@H]2C(O)c2ccc(C)cc2)cc1. The lowest BCUT2D eigenvalue weighted by Crippen LogP contribution is -2.33. The Labute approximate surface area is 141 Å². The number of benzene rings is 2. The number of ether oxygens (including phenoxy) is 2. The summed E-state index contributed by atoms with van der Waals surface area (Å²) in [6.07, 6.45) is -0.990. The van der Waals surface area contributed by atoms with Crippen LogP contribution in [-0.4, -0.2) is 22.9 Å². The molecule has 0 aromatic heterocycles. The summed E-state index contributed by atoms with van der Waals surface area (Å²) in [5.41, 5.74) is 2.68. The zero-order chi connectivity index (χ0) is 16.4. The molecular formula is C19H21ClO3. The first-order chi connectivity index (χ1) is 11.0. The van der Waals surface area contributed by atoms with Crippen LogP contribution in [0.5, 0.6) is 5.75 Å². The number of hydrogen-bond donors (Lipinski definition) is 1. The van der Waals surface area contributed by atoms with Crippen LogP contribution in [0.25, 0.3) is 0 Å². The molecule has 3 nitrogen and oxygen atoms in total. The summed E-state index contributed by atoms with van der Waals surface area (Å²) in [5, 5.41) is 10.7. The van der Waals surface area contributed by atoms with Crippen LogP contribution >= 0.6 is 11.6 Å². The van der Waals surface area contributed by atoms with Gasteiger partial charge in [-0.15, -0.1) is 0 Å². The Morgan fingerprint density at radius 2 is 1.61 bits per heavy atom. The standard InChI is InChI=1S/C19H21ClO3/c1-12-3-7-14(8-4-12)18(21)19-16(11-17(20)23-19)22-15-9-5-13(2)6-10-15/h3-10,16-19,21H,11H2,1-2H3/t16-,17-,18?,19-/m0/s1. The Kier molecular flexibility index (Phi) is 4.90. The maximum atomic E-state index is 10.7. The first-order valence-corrected chi connectivity index (χ1v) is 8.24. The Bertz CT molecular complexity index is 639. The van der Waals surface area contributed by atoms with Gasteiger partial charge >= 0.3 is 0 Å². The Balaban J connectivity index is 1.76. The van der Waals surface area contributed by atoms with Crippen molar-refractivity contribution in [2.24, 2.45) is 0 Å². The smallest absolute Gasteiger partial charge is 0.135 e. The van der Waals surface area contributed by atoms with E-state index < -0.39 is 17.8 Å². The minimum Gasteiger partial charge on any atom is -0.487 e. The largest absolute Gasteiger partial charge is 0.487 e. The molecule has 1 saturated heterocycles. The lowest BCUT2D eigenvalue weighted by molar-refractivity contribution is -0.0470. The van der Waals surface area contributed by atoms with Crippen molar-refractivity contribution in [2.45, 2.75) is 44.1 Å². The van der Waals surface area contributed by atoms with E-state index in [9.17, 15) is 5.11 Å². The van der Waals surface area contributed by atoms with E-state index in [2.05, 4.69) is 0 Å². The lowest BCUT2D eigenvalue weighted by Gasteiger charge is -2.25. The Morgan fingerprint density at radius 1 is 1.04 bits per heavy atom. The molecule has 3 rings (SSSR count). The van der Waals surface area contributed by atoms with Gasteiger partial charge in [0.15, 0.2) is 0 Å². The highest BCUT2D eigenvalue weighted by Crippen LogP contribution is 2.34. The molecule has 0 spiro atoms. The predicted molar refractivity (Wildman–Crippen MR) is 90.9 cm³/mol. The molecule has 0 saturated carbocycles. The molecule has 1 N–H and O–H groups in total. The van der Waals surface area contributed by atoms with Crippen LogP contribution in [0.15, 0.2) is 48.5 Å². The van der Waals surface area contributed by atoms with Gasteiger partial charge in [-0.1, -0.05) is 59.1 Å². The van der Waals surface area contributed by atoms with E-state index in [4.69, 9.17) is 21.1 Å². The number of hydrogen-bond acceptors (Lipinski definition) is 3. The van der Waals surface area contributed by atoms with E-state index in [1.165, 1.54) is 5.56 Å². The second kappa shape index (κ2) is 6.91. The predicted octanol–water partition coefficient (Wildman–Crippen LogP) is 4.14. The number of aryl methyl sites for hydroxylation is 2. The summed E-state index contributed by atoms with van der Waals surface area (Å²) >= 11 is 6.14. The highest BCUT2D eigenvalue weighted by atomic mass is 35.5. The fourth-order valence-electron chi connectivity index (χ4n) is 2.77. The molecular weight excluding hydrogens is 312 g/mol. The van der Waals surface area contributed by atoms with Gasteiger partial charge < -0.3 is 14.6 Å². The quantitative estimate of drug-likeness (QED) is 0.855. The first kappa shape index (κ1) is 16.3. The van der Waals surface area contributed by atoms with Crippen molar-refractivity contribution in [1.82, 2.24) is 0 Å². The molecule has 2 aromatic rings. The average molecular weight is 333 g/mol. The molecule has 0 radical (unpaired) electrons. The van der Waals surface area contributed by atoms with Crippen LogP contribution in [0.3, 0.4) is 0 Å². The topological polar surface area (TPSA) is 38.7 Å². The maximum absolute atomic E-state index is 10.7. The van der Waals surface area contributed by atoms with Gasteiger partial charge in [-0.2, -0.15) is 0 Å². The fraction of sp³-hybridized carbons (Fsp3) is 0.368. The van der Waals surface area contributed by atoms with E-state index >= 15 is 0 Å². The van der Waals surface area contributed by atoms with Gasteiger partial charge in [0.1, 0.15) is 29.6 Å². The summed E-state index contributed by atoms with van der Waals surface area (Å²) in [7, 11) is 0. The summed E-state index contributed by atoms with van der Waals surface area (Å²) in [6.45, 7) is 4.04. The van der Waals surface area contributed by atoms with Gasteiger partial charge in [-0.05, 0) is 31.5 Å². The highest BCUT2D eigenvalue weighted by Gasteiger charge is 2.41. The monoisotopic (exact) mass is 332 g/mol. The van der Waals surface area contributed by atoms with E-state index in [-0.39, 0.29) is 6.10 Å². The molecule has 0 amide bonds. The molecule has 1 fully saturated rings. The summed E-state index contributed by atoms with van der Waals surface area (Å²) in [6, 6.07) is 15.6. The maximum Gasteiger partial charge on any atom is 0.135 e. The molecule has 0 bridgehead atoms. The number of aliphatic hydroxyl groups is 1. The van der Waals surface area contributed by atoms with Crippen molar-refractivity contribution in [3.05, 3.63) is 65.2 Å². The van der Waals surface area contributed by atoms with Crippen molar-refractivity contribution < 1.29 is 14.6 Å². The minimum atomic E-state index is -0.769. The Hall–Kier alpha value is -1.55. The first-order valence-electron chi connectivity index (χ1n) is 7.80. The third-order valence-electron chi connectivity index (χ3n) is 4.13. The van der Waals surface area contributed by atoms with Crippen molar-refractivity contribution >= 4 is 11.6 Å². The molecule has 1 unspecified atom stereocenters. The molecule has 4 heteroatoms. The van der Waals surface area contributed by atoms with Crippen molar-refractivity contribution in [1.29, 1.82) is 0 Å². The fourth-order valence-corrected chi connectivity index (χ4v) is 3.06. The van der Waals surface area contributed by atoms with Gasteiger partial charge in [0.2, 0.25) is 0 Å². The highest BCUT2D eigenvalue weighted by molar-refractivity contribution is 6.19. The molecule has 2 aromatic carbocycles. The minimum absolute atomic E-state index is 0.281. The molecule has 4 atom stereocenters. The second-order valence-corrected chi connectivity index (χ2v) is 6.56. The van der Waals surface area contributed by atoms with Crippen LogP contribution < -0.4 is 4.74 Å². The molecule has 1 heterocycles. The van der Waals surface area contributed by atoms with Gasteiger partial charge in [0.25, 0.3) is 0 Å². The van der Waals surface area contributed by atoms with E-state index in [0.29, 0.717) is 6.42 Å². The lowest BCUT2D eigenvalue weighted by atomic mass is 9.99. The normalized spacial score (nSPS) is 25.3. The number of rotatable bonds is 4. The van der Waals surface area contributed by atoms with Crippen LogP contribution in [0.2, 0.25) is 0 Å². The van der Waals surface area contributed by atoms with Gasteiger partial charge in [0, 0.05) is 6.42 Å². The van der Waals surface area contributed by atoms with Crippen LogP contribution in [0.1, 0.15) is 29.2 Å². The average Bonchev–Trinajstić information content (AvgIpc) is 2.90. The van der Waals surface area contributed by atoms with Crippen molar-refractivity contribution in [3.63, 3.8) is 0 Å². The van der Waals surface area contributed by atoms with Crippen LogP contribution in [-0.2, 0) is 4.74 Å². The molecule has 122 valence electrons. The van der Waals surface area contributed by atoms with Gasteiger partial charge in [0.05, 0.1) is 0 Å². The zero-order valence-electron chi connectivity index (χ0n) is 13.3. The van der Waals surface area contributed by atoms with Gasteiger partial charge in [-0.3, -0.25) is 0 Å². The molecule has 1 aliphatic rings. The number of alkyl halides is 1. The summed E-state index contributed by atoms with van der Waals surface area (Å²) < 4.78 is 11.7. The molecule has 0 aliphatic carbocycles. The number of halogens is 1. The van der Waals surface area contributed by atoms with E-state index in [1.807, 2.05) is 62.4 Å². The van der Waals surface area contributed by atoms with Gasteiger partial charge in [-0.25, -0.2) is 0 Å². The van der Waals surface area contributed by atoms with Crippen LogP contribution in [0.4, 0.5) is 0 Å². The third kappa shape index (κ3) is 3.86. The molecule has 1 aliphatic heterocycles. The van der Waals surface area contributed by atoms with E-state index in [0.717, 1.165) is 16.9 Å². The summed E-state index contributed by atoms with van der Waals surface area (Å²) in [5.74, 6) is 0.760. The van der Waals surface area contributed by atoms with Crippen LogP contribution in [0, 0.1) is 13.8 Å². The number of aliphatic hydroxyl groups excluding tert-OH is 1. The van der Waals surface area contributed by atoms with Crippen molar-refractivity contribution in [3.8, 4) is 5.75 Å².